The van der Waals surface area contributed by atoms with Gasteiger partial charge in [0, 0.05) is 29.7 Å². The number of carbonyl (C=O) groups excluding carboxylic acids is 1. The summed E-state index contributed by atoms with van der Waals surface area (Å²) < 4.78 is 21.8. The highest BCUT2D eigenvalue weighted by Crippen LogP contribution is 2.41. The lowest BCUT2D eigenvalue weighted by Gasteiger charge is -2.33. The SMILES string of the molecule is COc1cc(-c2cc(C(=O)N(Cc3cccs3)C3CCOCC3)[nH]n2)cc(OC)c1OC. The molecule has 1 saturated heterocycles. The van der Waals surface area contributed by atoms with E-state index < -0.39 is 0 Å². The molecule has 32 heavy (non-hydrogen) atoms. The molecule has 8 nitrogen and oxygen atoms in total. The second kappa shape index (κ2) is 10.1. The van der Waals surface area contributed by atoms with E-state index in [4.69, 9.17) is 18.9 Å². The van der Waals surface area contributed by atoms with Crippen LogP contribution in [0.2, 0.25) is 0 Å². The zero-order chi connectivity index (χ0) is 22.5. The lowest BCUT2D eigenvalue weighted by molar-refractivity contribution is 0.0266. The monoisotopic (exact) mass is 457 g/mol. The molecule has 0 saturated carbocycles. The van der Waals surface area contributed by atoms with Gasteiger partial charge < -0.3 is 23.8 Å². The number of hydrogen-bond donors (Lipinski definition) is 1. The Kier molecular flexibility index (Phi) is 6.96. The molecule has 1 aromatic carbocycles. The van der Waals surface area contributed by atoms with Gasteiger partial charge in [0.05, 0.1) is 33.6 Å². The molecule has 1 N–H and O–H groups in total. The van der Waals surface area contributed by atoms with E-state index in [-0.39, 0.29) is 11.9 Å². The average molecular weight is 458 g/mol. The second-order valence-corrected chi connectivity index (χ2v) is 8.47. The van der Waals surface area contributed by atoms with Gasteiger partial charge in [0.1, 0.15) is 5.69 Å². The van der Waals surface area contributed by atoms with E-state index >= 15 is 0 Å². The molecule has 2 aromatic heterocycles. The van der Waals surface area contributed by atoms with Gasteiger partial charge in [0.25, 0.3) is 5.91 Å². The van der Waals surface area contributed by atoms with Crippen LogP contribution in [0.5, 0.6) is 17.2 Å². The maximum atomic E-state index is 13.5. The van der Waals surface area contributed by atoms with Crippen molar-refractivity contribution in [3.05, 3.63) is 46.3 Å². The van der Waals surface area contributed by atoms with Gasteiger partial charge in [0.15, 0.2) is 11.5 Å². The van der Waals surface area contributed by atoms with Crippen LogP contribution in [0, 0.1) is 0 Å². The zero-order valence-corrected chi connectivity index (χ0v) is 19.2. The number of amides is 1. The van der Waals surface area contributed by atoms with Crippen molar-refractivity contribution in [2.75, 3.05) is 34.5 Å². The summed E-state index contributed by atoms with van der Waals surface area (Å²) >= 11 is 1.65. The topological polar surface area (TPSA) is 85.9 Å². The van der Waals surface area contributed by atoms with Crippen LogP contribution >= 0.6 is 11.3 Å². The summed E-state index contributed by atoms with van der Waals surface area (Å²) in [6, 6.07) is 9.58. The standard InChI is InChI=1S/C23H27N3O5S/c1-28-20-11-15(12-21(29-2)22(20)30-3)18-13-19(25-24-18)23(27)26(14-17-5-4-10-32-17)16-6-8-31-9-7-16/h4-5,10-13,16H,6-9,14H2,1-3H3,(H,24,25). The number of nitrogens with one attached hydrogen (secondary N) is 1. The summed E-state index contributed by atoms with van der Waals surface area (Å²) in [4.78, 5) is 16.6. The maximum Gasteiger partial charge on any atom is 0.272 e. The molecular weight excluding hydrogens is 430 g/mol. The molecule has 1 fully saturated rings. The fraction of sp³-hybridized carbons (Fsp3) is 0.391. The van der Waals surface area contributed by atoms with E-state index in [1.807, 2.05) is 28.5 Å². The third-order valence-corrected chi connectivity index (χ3v) is 6.43. The molecule has 0 bridgehead atoms. The quantitative estimate of drug-likeness (QED) is 0.551. The molecule has 0 atom stereocenters. The fourth-order valence-electron chi connectivity index (χ4n) is 3.90. The number of methoxy groups -OCH3 is 3. The van der Waals surface area contributed by atoms with Crippen molar-refractivity contribution in [2.24, 2.45) is 0 Å². The van der Waals surface area contributed by atoms with E-state index in [1.165, 1.54) is 0 Å². The van der Waals surface area contributed by atoms with Crippen molar-refractivity contribution in [2.45, 2.75) is 25.4 Å². The van der Waals surface area contributed by atoms with Crippen molar-refractivity contribution in [3.63, 3.8) is 0 Å². The summed E-state index contributed by atoms with van der Waals surface area (Å²) in [5.74, 6) is 1.49. The van der Waals surface area contributed by atoms with Gasteiger partial charge in [-0.3, -0.25) is 9.89 Å². The molecule has 0 aliphatic carbocycles. The van der Waals surface area contributed by atoms with Gasteiger partial charge in [-0.1, -0.05) is 6.07 Å². The van der Waals surface area contributed by atoms with E-state index in [0.29, 0.717) is 48.4 Å². The summed E-state index contributed by atoms with van der Waals surface area (Å²) in [5.41, 5.74) is 1.82. The first-order chi connectivity index (χ1) is 15.6. The number of thiophene rings is 1. The van der Waals surface area contributed by atoms with Crippen LogP contribution in [0.25, 0.3) is 11.3 Å². The normalized spacial score (nSPS) is 14.2. The predicted octanol–water partition coefficient (Wildman–Crippen LogP) is 3.99. The first kappa shape index (κ1) is 22.2. The Morgan fingerprint density at radius 1 is 1.16 bits per heavy atom. The third-order valence-electron chi connectivity index (χ3n) is 5.57. The van der Waals surface area contributed by atoms with E-state index in [2.05, 4.69) is 16.3 Å². The highest BCUT2D eigenvalue weighted by molar-refractivity contribution is 7.09. The summed E-state index contributed by atoms with van der Waals surface area (Å²) in [7, 11) is 4.69. The minimum absolute atomic E-state index is 0.0727. The van der Waals surface area contributed by atoms with Gasteiger partial charge in [-0.25, -0.2) is 0 Å². The molecule has 1 amide bonds. The molecule has 0 unspecified atom stereocenters. The summed E-state index contributed by atoms with van der Waals surface area (Å²) in [5, 5.41) is 9.35. The molecule has 0 spiro atoms. The number of aromatic amines is 1. The Morgan fingerprint density at radius 3 is 2.47 bits per heavy atom. The van der Waals surface area contributed by atoms with Gasteiger partial charge in [-0.2, -0.15) is 5.10 Å². The molecule has 170 valence electrons. The lowest BCUT2D eigenvalue weighted by Crippen LogP contribution is -2.43. The van der Waals surface area contributed by atoms with E-state index in [0.717, 1.165) is 23.3 Å². The molecule has 3 aromatic rings. The molecular formula is C23H27N3O5S. The first-order valence-electron chi connectivity index (χ1n) is 10.4. The number of nitrogens with zero attached hydrogens (tertiary/aromatic N) is 2. The predicted molar refractivity (Wildman–Crippen MR) is 122 cm³/mol. The van der Waals surface area contributed by atoms with Crippen LogP contribution in [0.3, 0.4) is 0 Å². The van der Waals surface area contributed by atoms with Crippen LogP contribution in [-0.4, -0.2) is 61.6 Å². The van der Waals surface area contributed by atoms with Gasteiger partial charge in [-0.15, -0.1) is 11.3 Å². The van der Waals surface area contributed by atoms with Crippen LogP contribution in [-0.2, 0) is 11.3 Å². The van der Waals surface area contributed by atoms with Crippen LogP contribution in [0.15, 0.2) is 35.7 Å². The van der Waals surface area contributed by atoms with Crippen molar-refractivity contribution >= 4 is 17.2 Å². The zero-order valence-electron chi connectivity index (χ0n) is 18.4. The average Bonchev–Trinajstić information content (AvgIpc) is 3.54. The highest BCUT2D eigenvalue weighted by Gasteiger charge is 2.28. The number of carbonyl (C=O) groups is 1. The van der Waals surface area contributed by atoms with E-state index in [9.17, 15) is 4.79 Å². The lowest BCUT2D eigenvalue weighted by atomic mass is 10.1. The minimum atomic E-state index is -0.0727. The van der Waals surface area contributed by atoms with Gasteiger partial charge in [-0.05, 0) is 42.5 Å². The Morgan fingerprint density at radius 2 is 1.88 bits per heavy atom. The highest BCUT2D eigenvalue weighted by atomic mass is 32.1. The molecule has 1 aliphatic heterocycles. The number of benzene rings is 1. The molecule has 1 aliphatic rings. The number of H-pyrrole nitrogens is 1. The van der Waals surface area contributed by atoms with Crippen molar-refractivity contribution < 1.29 is 23.7 Å². The van der Waals surface area contributed by atoms with Crippen LogP contribution in [0.1, 0.15) is 28.2 Å². The Bertz CT molecular complexity index is 1020. The number of rotatable bonds is 8. The largest absolute Gasteiger partial charge is 0.493 e. The molecule has 9 heteroatoms. The van der Waals surface area contributed by atoms with Crippen LogP contribution in [0.4, 0.5) is 0 Å². The molecule has 3 heterocycles. The summed E-state index contributed by atoms with van der Waals surface area (Å²) in [6.07, 6.45) is 1.65. The second-order valence-electron chi connectivity index (χ2n) is 7.44. The number of aromatic nitrogens is 2. The summed E-state index contributed by atoms with van der Waals surface area (Å²) in [6.45, 7) is 1.90. The van der Waals surface area contributed by atoms with Gasteiger partial charge >= 0.3 is 0 Å². The molecule has 0 radical (unpaired) electrons. The van der Waals surface area contributed by atoms with Gasteiger partial charge in [0.2, 0.25) is 5.75 Å². The number of ether oxygens (including phenoxy) is 4. The van der Waals surface area contributed by atoms with Crippen molar-refractivity contribution in [1.29, 1.82) is 0 Å². The Hall–Kier alpha value is -3.04. The smallest absolute Gasteiger partial charge is 0.272 e. The maximum absolute atomic E-state index is 13.5. The van der Waals surface area contributed by atoms with Crippen LogP contribution < -0.4 is 14.2 Å². The van der Waals surface area contributed by atoms with Crippen molar-refractivity contribution in [1.82, 2.24) is 15.1 Å². The molecule has 4 rings (SSSR count). The third kappa shape index (κ3) is 4.58. The minimum Gasteiger partial charge on any atom is -0.493 e. The fourth-order valence-corrected chi connectivity index (χ4v) is 4.60. The Labute approximate surface area is 191 Å². The Balaban J connectivity index is 1.63. The first-order valence-corrected chi connectivity index (χ1v) is 11.3. The van der Waals surface area contributed by atoms with Crippen molar-refractivity contribution in [3.8, 4) is 28.5 Å². The number of hydrogen-bond acceptors (Lipinski definition) is 7. The van der Waals surface area contributed by atoms with E-state index in [1.54, 1.807) is 38.7 Å².